The summed E-state index contributed by atoms with van der Waals surface area (Å²) in [6, 6.07) is 12.0. The van der Waals surface area contributed by atoms with E-state index in [9.17, 15) is 10.2 Å². The van der Waals surface area contributed by atoms with Crippen molar-refractivity contribution in [2.24, 2.45) is 0 Å². The van der Waals surface area contributed by atoms with Gasteiger partial charge in [0, 0.05) is 5.56 Å². The Morgan fingerprint density at radius 2 is 1.91 bits per heavy atom. The number of fused-ring (bicyclic) bond motifs is 2. The van der Waals surface area contributed by atoms with Crippen molar-refractivity contribution in [3.63, 3.8) is 0 Å². The maximum atomic E-state index is 10.7. The van der Waals surface area contributed by atoms with Crippen molar-refractivity contribution in [2.45, 2.75) is 44.6 Å². The van der Waals surface area contributed by atoms with Gasteiger partial charge in [0.15, 0.2) is 0 Å². The van der Waals surface area contributed by atoms with E-state index in [0.29, 0.717) is 18.1 Å². The van der Waals surface area contributed by atoms with E-state index in [1.54, 1.807) is 6.07 Å². The van der Waals surface area contributed by atoms with Gasteiger partial charge in [-0.25, -0.2) is 0 Å². The molecule has 2 aromatic carbocycles. The van der Waals surface area contributed by atoms with Crippen LogP contribution < -0.4 is 10.4 Å². The molecule has 2 atom stereocenters. The summed E-state index contributed by atoms with van der Waals surface area (Å²) >= 11 is 0. The van der Waals surface area contributed by atoms with E-state index in [-0.39, 0.29) is 0 Å². The Balaban J connectivity index is 2.09. The third-order valence-corrected chi connectivity index (χ3v) is 5.34. The summed E-state index contributed by atoms with van der Waals surface area (Å²) in [5.74, 6) is 0.810. The van der Waals surface area contributed by atoms with Crippen molar-refractivity contribution < 1.29 is 10.2 Å². The van der Waals surface area contributed by atoms with Gasteiger partial charge in [-0.3, -0.25) is 0 Å². The molecule has 0 saturated heterocycles. The molecule has 0 amide bonds. The quantitative estimate of drug-likeness (QED) is 0.850. The molecule has 0 heterocycles. The predicted molar refractivity (Wildman–Crippen MR) is 92.8 cm³/mol. The van der Waals surface area contributed by atoms with Crippen molar-refractivity contribution >= 4 is 11.6 Å². The Hall–Kier alpha value is -2.06. The molecule has 0 saturated carbocycles. The number of aliphatic hydroxyl groups excluding tert-OH is 1. The van der Waals surface area contributed by atoms with Crippen LogP contribution in [0, 0.1) is 0 Å². The first-order valence-electron chi connectivity index (χ1n) is 8.49. The molecule has 2 aliphatic rings. The maximum Gasteiger partial charge on any atom is 0.123 e. The van der Waals surface area contributed by atoms with Gasteiger partial charge in [0.25, 0.3) is 0 Å². The molecule has 2 unspecified atom stereocenters. The molecule has 2 aromatic rings. The van der Waals surface area contributed by atoms with Crippen LogP contribution in [0.15, 0.2) is 36.4 Å². The number of hydrogen-bond donors (Lipinski definition) is 2. The van der Waals surface area contributed by atoms with E-state index < -0.39 is 6.10 Å². The Morgan fingerprint density at radius 1 is 1.09 bits per heavy atom. The molecule has 0 aliphatic heterocycles. The van der Waals surface area contributed by atoms with Gasteiger partial charge < -0.3 is 10.2 Å². The van der Waals surface area contributed by atoms with Crippen molar-refractivity contribution in [3.05, 3.63) is 63.5 Å². The first kappa shape index (κ1) is 14.5. The second kappa shape index (κ2) is 5.54. The summed E-state index contributed by atoms with van der Waals surface area (Å²) < 4.78 is 0. The third kappa shape index (κ3) is 2.29. The fourth-order valence-corrected chi connectivity index (χ4v) is 4.18. The lowest BCUT2D eigenvalue weighted by Crippen LogP contribution is -2.35. The molecular formula is C21H22O2. The average molecular weight is 306 g/mol. The van der Waals surface area contributed by atoms with Crippen LogP contribution >= 0.6 is 0 Å². The molecule has 23 heavy (non-hydrogen) atoms. The predicted octanol–water partition coefficient (Wildman–Crippen LogP) is 2.58. The highest BCUT2D eigenvalue weighted by molar-refractivity contribution is 5.78. The number of phenolic OH excluding ortho intramolecular Hbond substituents is 1. The zero-order valence-corrected chi connectivity index (χ0v) is 13.4. The van der Waals surface area contributed by atoms with Crippen LogP contribution in [0.5, 0.6) is 5.75 Å². The van der Waals surface area contributed by atoms with Crippen LogP contribution in [-0.4, -0.2) is 16.3 Å². The van der Waals surface area contributed by atoms with Gasteiger partial charge >= 0.3 is 0 Å². The molecule has 2 heteroatoms. The van der Waals surface area contributed by atoms with E-state index in [0.717, 1.165) is 34.4 Å². The SMILES string of the molecule is CC1CCCc2c1ccc(O)c2C1=c2ccccc2=CCC1O. The highest BCUT2D eigenvalue weighted by Crippen LogP contribution is 2.40. The summed E-state index contributed by atoms with van der Waals surface area (Å²) in [5.41, 5.74) is 4.33. The lowest BCUT2D eigenvalue weighted by molar-refractivity contribution is 0.237. The summed E-state index contributed by atoms with van der Waals surface area (Å²) in [6.07, 6.45) is 5.44. The van der Waals surface area contributed by atoms with Gasteiger partial charge in [0.1, 0.15) is 5.75 Å². The molecular weight excluding hydrogens is 284 g/mol. The van der Waals surface area contributed by atoms with E-state index in [4.69, 9.17) is 0 Å². The summed E-state index contributed by atoms with van der Waals surface area (Å²) in [4.78, 5) is 0. The fourth-order valence-electron chi connectivity index (χ4n) is 4.18. The number of aromatic hydroxyl groups is 1. The van der Waals surface area contributed by atoms with Gasteiger partial charge in [-0.15, -0.1) is 0 Å². The molecule has 4 rings (SSSR count). The number of aliphatic hydroxyl groups is 1. The van der Waals surface area contributed by atoms with Gasteiger partial charge in [-0.05, 0) is 64.8 Å². The topological polar surface area (TPSA) is 40.5 Å². The molecule has 2 nitrogen and oxygen atoms in total. The normalized spacial score (nSPS) is 23.0. The molecule has 0 aromatic heterocycles. The molecule has 2 N–H and O–H groups in total. The van der Waals surface area contributed by atoms with Crippen LogP contribution in [0.2, 0.25) is 0 Å². The lowest BCUT2D eigenvalue weighted by Gasteiger charge is -2.28. The van der Waals surface area contributed by atoms with Gasteiger partial charge in [-0.2, -0.15) is 0 Å². The van der Waals surface area contributed by atoms with Crippen LogP contribution in [0.25, 0.3) is 11.6 Å². The Morgan fingerprint density at radius 3 is 2.78 bits per heavy atom. The lowest BCUT2D eigenvalue weighted by atomic mass is 9.78. The van der Waals surface area contributed by atoms with Crippen molar-refractivity contribution in [1.29, 1.82) is 0 Å². The fraction of sp³-hybridized carbons (Fsp3) is 0.333. The second-order valence-electron chi connectivity index (χ2n) is 6.78. The minimum atomic E-state index is -0.556. The first-order chi connectivity index (χ1) is 11.2. The van der Waals surface area contributed by atoms with E-state index in [1.807, 2.05) is 12.1 Å². The van der Waals surface area contributed by atoms with Crippen molar-refractivity contribution in [2.75, 3.05) is 0 Å². The van der Waals surface area contributed by atoms with Gasteiger partial charge in [0.2, 0.25) is 0 Å². The Kier molecular flexibility index (Phi) is 3.50. The zero-order valence-electron chi connectivity index (χ0n) is 13.4. The molecule has 118 valence electrons. The summed E-state index contributed by atoms with van der Waals surface area (Å²) in [5, 5.41) is 23.5. The maximum absolute atomic E-state index is 10.7. The zero-order chi connectivity index (χ0) is 16.0. The molecule has 0 fully saturated rings. The highest BCUT2D eigenvalue weighted by atomic mass is 16.3. The van der Waals surface area contributed by atoms with Gasteiger partial charge in [0.05, 0.1) is 6.10 Å². The minimum Gasteiger partial charge on any atom is -0.507 e. The smallest absolute Gasteiger partial charge is 0.123 e. The number of phenols is 1. The Labute approximate surface area is 136 Å². The van der Waals surface area contributed by atoms with Gasteiger partial charge in [-0.1, -0.05) is 43.3 Å². The number of rotatable bonds is 1. The van der Waals surface area contributed by atoms with Crippen LogP contribution in [0.4, 0.5) is 0 Å². The number of benzene rings is 2. The van der Waals surface area contributed by atoms with Crippen LogP contribution in [-0.2, 0) is 6.42 Å². The summed E-state index contributed by atoms with van der Waals surface area (Å²) in [6.45, 7) is 2.25. The molecule has 2 aliphatic carbocycles. The summed E-state index contributed by atoms with van der Waals surface area (Å²) in [7, 11) is 0. The third-order valence-electron chi connectivity index (χ3n) is 5.34. The van der Waals surface area contributed by atoms with Crippen molar-refractivity contribution in [3.8, 4) is 5.75 Å². The minimum absolute atomic E-state index is 0.295. The monoisotopic (exact) mass is 306 g/mol. The first-order valence-corrected chi connectivity index (χ1v) is 8.49. The molecule has 0 radical (unpaired) electrons. The van der Waals surface area contributed by atoms with E-state index >= 15 is 0 Å². The van der Waals surface area contributed by atoms with E-state index in [1.165, 1.54) is 17.5 Å². The van der Waals surface area contributed by atoms with Crippen molar-refractivity contribution in [1.82, 2.24) is 0 Å². The highest BCUT2D eigenvalue weighted by Gasteiger charge is 2.27. The molecule has 0 bridgehead atoms. The van der Waals surface area contributed by atoms with E-state index in [2.05, 4.69) is 31.2 Å². The molecule has 0 spiro atoms. The Bertz CT molecular complexity index is 879. The second-order valence-corrected chi connectivity index (χ2v) is 6.78. The number of hydrogen-bond acceptors (Lipinski definition) is 2. The van der Waals surface area contributed by atoms with Crippen LogP contribution in [0.1, 0.15) is 48.8 Å². The largest absolute Gasteiger partial charge is 0.507 e. The standard InChI is InChI=1S/C21H22O2/c1-13-5-4-8-17-15(13)10-12-19(23)21(17)20-16-7-3-2-6-14(16)9-11-18(20)22/h2-3,6-7,9-10,12-13,18,22-23H,4-5,8,11H2,1H3. The van der Waals surface area contributed by atoms with Crippen LogP contribution in [0.3, 0.4) is 0 Å². The average Bonchev–Trinajstić information content (AvgIpc) is 2.56.